The maximum atomic E-state index is 13.0. The number of carbonyl (C=O) groups is 1. The van der Waals surface area contributed by atoms with Gasteiger partial charge < -0.3 is 10.6 Å². The summed E-state index contributed by atoms with van der Waals surface area (Å²) in [6.45, 7) is 3.21. The molecule has 1 aliphatic heterocycles. The van der Waals surface area contributed by atoms with Crippen LogP contribution in [0.5, 0.6) is 0 Å². The highest BCUT2D eigenvalue weighted by Gasteiger charge is 2.34. The fourth-order valence-electron chi connectivity index (χ4n) is 3.96. The van der Waals surface area contributed by atoms with Crippen molar-refractivity contribution in [1.29, 1.82) is 0 Å². The quantitative estimate of drug-likeness (QED) is 0.711. The van der Waals surface area contributed by atoms with Gasteiger partial charge in [0.2, 0.25) is 5.91 Å². The van der Waals surface area contributed by atoms with Crippen molar-refractivity contribution >= 4 is 52.3 Å². The van der Waals surface area contributed by atoms with Gasteiger partial charge in [-0.1, -0.05) is 24.3 Å². The van der Waals surface area contributed by atoms with Gasteiger partial charge in [0.25, 0.3) is 0 Å². The maximum absolute atomic E-state index is 13.0. The molecule has 2 heterocycles. The number of para-hydroxylation sites is 1. The Bertz CT molecular complexity index is 761. The molecule has 0 bridgehead atoms. The van der Waals surface area contributed by atoms with Crippen LogP contribution in [-0.4, -0.2) is 29.5 Å². The van der Waals surface area contributed by atoms with Gasteiger partial charge in [-0.25, -0.2) is 4.98 Å². The third-order valence-corrected chi connectivity index (χ3v) is 6.65. The number of allylic oxidation sites excluding steroid dienone is 2. The fourth-order valence-corrected chi connectivity index (χ4v) is 5.10. The molecule has 1 aliphatic carbocycles. The fraction of sp³-hybridized carbons (Fsp3) is 0.500. The van der Waals surface area contributed by atoms with Crippen molar-refractivity contribution in [3.63, 3.8) is 0 Å². The lowest BCUT2D eigenvalue weighted by Crippen LogP contribution is -2.53. The van der Waals surface area contributed by atoms with E-state index in [-0.39, 0.29) is 48.6 Å². The number of rotatable bonds is 3. The van der Waals surface area contributed by atoms with E-state index in [0.29, 0.717) is 6.04 Å². The summed E-state index contributed by atoms with van der Waals surface area (Å²) in [5.74, 6) is 0.364. The molecule has 1 saturated heterocycles. The SMILES string of the molecule is CC1NCCCC1NC(=O)C1CC=CCC1c1nc2ccccc2s1.Cl.Cl. The van der Waals surface area contributed by atoms with Gasteiger partial charge in [0.15, 0.2) is 0 Å². The number of hydrogen-bond acceptors (Lipinski definition) is 4. The summed E-state index contributed by atoms with van der Waals surface area (Å²) < 4.78 is 1.20. The second-order valence-corrected chi connectivity index (χ2v) is 8.24. The second kappa shape index (κ2) is 9.87. The number of halogens is 2. The molecule has 4 rings (SSSR count). The smallest absolute Gasteiger partial charge is 0.224 e. The highest BCUT2D eigenvalue weighted by atomic mass is 35.5. The zero-order chi connectivity index (χ0) is 17.2. The predicted molar refractivity (Wildman–Crippen MR) is 117 cm³/mol. The van der Waals surface area contributed by atoms with Crippen LogP contribution in [0.25, 0.3) is 10.2 Å². The number of benzene rings is 1. The van der Waals surface area contributed by atoms with Crippen molar-refractivity contribution in [3.05, 3.63) is 41.4 Å². The first-order valence-electron chi connectivity index (χ1n) is 9.26. The number of thiazole rings is 1. The number of aromatic nitrogens is 1. The Morgan fingerprint density at radius 3 is 2.78 bits per heavy atom. The number of amides is 1. The van der Waals surface area contributed by atoms with Crippen molar-refractivity contribution in [1.82, 2.24) is 15.6 Å². The number of piperidine rings is 1. The normalized spacial score (nSPS) is 27.4. The molecule has 2 aliphatic rings. The van der Waals surface area contributed by atoms with E-state index in [0.717, 1.165) is 42.8 Å². The van der Waals surface area contributed by atoms with Crippen molar-refractivity contribution < 1.29 is 4.79 Å². The minimum absolute atomic E-state index is 0. The molecule has 1 amide bonds. The monoisotopic (exact) mass is 427 g/mol. The van der Waals surface area contributed by atoms with Crippen molar-refractivity contribution in [2.75, 3.05) is 6.54 Å². The van der Waals surface area contributed by atoms with E-state index in [1.54, 1.807) is 11.3 Å². The Morgan fingerprint density at radius 1 is 1.22 bits per heavy atom. The molecule has 7 heteroatoms. The van der Waals surface area contributed by atoms with Crippen LogP contribution in [0.4, 0.5) is 0 Å². The van der Waals surface area contributed by atoms with Gasteiger partial charge in [-0.2, -0.15) is 0 Å². The molecule has 0 radical (unpaired) electrons. The highest BCUT2D eigenvalue weighted by Crippen LogP contribution is 2.38. The lowest BCUT2D eigenvalue weighted by Gasteiger charge is -2.33. The topological polar surface area (TPSA) is 54.0 Å². The average Bonchev–Trinajstić information content (AvgIpc) is 3.07. The number of carbonyl (C=O) groups excluding carboxylic acids is 1. The van der Waals surface area contributed by atoms with Crippen LogP contribution in [0.2, 0.25) is 0 Å². The molecule has 148 valence electrons. The van der Waals surface area contributed by atoms with Crippen molar-refractivity contribution in [2.45, 2.75) is 50.6 Å². The lowest BCUT2D eigenvalue weighted by atomic mass is 9.82. The van der Waals surface area contributed by atoms with E-state index in [2.05, 4.69) is 41.8 Å². The van der Waals surface area contributed by atoms with E-state index >= 15 is 0 Å². The van der Waals surface area contributed by atoms with Crippen LogP contribution in [0, 0.1) is 5.92 Å². The van der Waals surface area contributed by atoms with Gasteiger partial charge in [0, 0.05) is 18.0 Å². The number of fused-ring (bicyclic) bond motifs is 1. The summed E-state index contributed by atoms with van der Waals surface area (Å²) in [6.07, 6.45) is 8.24. The van der Waals surface area contributed by atoms with Crippen LogP contribution < -0.4 is 10.6 Å². The Balaban J connectivity index is 0.00000131. The molecule has 0 saturated carbocycles. The van der Waals surface area contributed by atoms with Crippen LogP contribution in [0.1, 0.15) is 43.5 Å². The van der Waals surface area contributed by atoms with E-state index < -0.39 is 0 Å². The zero-order valence-corrected chi connectivity index (χ0v) is 17.8. The molecular weight excluding hydrogens is 401 g/mol. The third-order valence-electron chi connectivity index (χ3n) is 5.49. The Hall–Kier alpha value is -1.14. The Kier molecular flexibility index (Phi) is 8.10. The van der Waals surface area contributed by atoms with Crippen molar-refractivity contribution in [3.8, 4) is 0 Å². The van der Waals surface area contributed by atoms with Crippen LogP contribution in [0.15, 0.2) is 36.4 Å². The standard InChI is InChI=1S/C20H25N3OS.2ClH/c1-13-16(10-6-12-21-13)22-19(24)14-7-2-3-8-15(14)20-23-17-9-4-5-11-18(17)25-20;;/h2-5,9,11,13-16,21H,6-8,10,12H2,1H3,(H,22,24);2*1H. The maximum Gasteiger partial charge on any atom is 0.224 e. The van der Waals surface area contributed by atoms with Gasteiger partial charge in [-0.15, -0.1) is 36.2 Å². The number of nitrogens with one attached hydrogen (secondary N) is 2. The largest absolute Gasteiger partial charge is 0.352 e. The summed E-state index contributed by atoms with van der Waals surface area (Å²) in [7, 11) is 0. The first-order chi connectivity index (χ1) is 12.2. The van der Waals surface area contributed by atoms with Gasteiger partial charge in [-0.05, 0) is 51.3 Å². The molecule has 4 nitrogen and oxygen atoms in total. The molecule has 4 atom stereocenters. The Morgan fingerprint density at radius 2 is 2.00 bits per heavy atom. The summed E-state index contributed by atoms with van der Waals surface area (Å²) >= 11 is 1.73. The van der Waals surface area contributed by atoms with E-state index in [1.165, 1.54) is 4.70 Å². The van der Waals surface area contributed by atoms with E-state index in [9.17, 15) is 4.79 Å². The summed E-state index contributed by atoms with van der Waals surface area (Å²) in [5.41, 5.74) is 1.04. The van der Waals surface area contributed by atoms with Gasteiger partial charge in [0.05, 0.1) is 21.1 Å². The minimum Gasteiger partial charge on any atom is -0.352 e. The van der Waals surface area contributed by atoms with Gasteiger partial charge in [0.1, 0.15) is 0 Å². The van der Waals surface area contributed by atoms with E-state index in [1.807, 2.05) is 12.1 Å². The summed E-state index contributed by atoms with van der Waals surface area (Å²) in [5, 5.41) is 7.87. The first-order valence-corrected chi connectivity index (χ1v) is 10.1. The van der Waals surface area contributed by atoms with Crippen LogP contribution in [-0.2, 0) is 4.79 Å². The van der Waals surface area contributed by atoms with Gasteiger partial charge in [-0.3, -0.25) is 4.79 Å². The molecule has 27 heavy (non-hydrogen) atoms. The minimum atomic E-state index is -0.0142. The predicted octanol–water partition coefficient (Wildman–Crippen LogP) is 4.45. The lowest BCUT2D eigenvalue weighted by molar-refractivity contribution is -0.126. The van der Waals surface area contributed by atoms with Crippen molar-refractivity contribution in [2.24, 2.45) is 5.92 Å². The van der Waals surface area contributed by atoms with E-state index in [4.69, 9.17) is 4.98 Å². The second-order valence-electron chi connectivity index (χ2n) is 7.18. The molecule has 1 fully saturated rings. The Labute approximate surface area is 177 Å². The molecule has 2 N–H and O–H groups in total. The summed E-state index contributed by atoms with van der Waals surface area (Å²) in [4.78, 5) is 17.8. The van der Waals surface area contributed by atoms with Gasteiger partial charge >= 0.3 is 0 Å². The average molecular weight is 428 g/mol. The number of nitrogens with zero attached hydrogens (tertiary/aromatic N) is 1. The molecule has 4 unspecified atom stereocenters. The van der Waals surface area contributed by atoms with Crippen LogP contribution in [0.3, 0.4) is 0 Å². The first kappa shape index (κ1) is 22.2. The number of hydrogen-bond donors (Lipinski definition) is 2. The molecule has 0 spiro atoms. The summed E-state index contributed by atoms with van der Waals surface area (Å²) in [6, 6.07) is 8.82. The molecular formula is C20H27Cl2N3OS. The zero-order valence-electron chi connectivity index (χ0n) is 15.4. The molecule has 2 aromatic rings. The third kappa shape index (κ3) is 4.83. The molecule has 1 aromatic heterocycles. The highest BCUT2D eigenvalue weighted by molar-refractivity contribution is 7.18. The van der Waals surface area contributed by atoms with Crippen LogP contribution >= 0.6 is 36.2 Å². The molecule has 1 aromatic carbocycles.